The van der Waals surface area contributed by atoms with Crippen LogP contribution < -0.4 is 5.32 Å². The fourth-order valence-electron chi connectivity index (χ4n) is 2.08. The minimum atomic E-state index is -0.539. The van der Waals surface area contributed by atoms with Gasteiger partial charge in [0.05, 0.1) is 0 Å². The third kappa shape index (κ3) is 4.55. The number of halogens is 2. The molecule has 0 spiro atoms. The minimum absolute atomic E-state index is 0.323. The number of benzene rings is 2. The monoisotopic (exact) mass is 307 g/mol. The lowest BCUT2D eigenvalue weighted by atomic mass is 10.1. The molecule has 0 heterocycles. The molecular weight excluding hydrogens is 288 g/mol. The van der Waals surface area contributed by atoms with Crippen molar-refractivity contribution in [2.75, 3.05) is 6.54 Å². The predicted octanol–water partition coefficient (Wildman–Crippen LogP) is 4.93. The van der Waals surface area contributed by atoms with E-state index in [4.69, 9.17) is 0 Å². The van der Waals surface area contributed by atoms with E-state index in [1.54, 1.807) is 11.8 Å². The summed E-state index contributed by atoms with van der Waals surface area (Å²) in [6, 6.07) is 12.3. The molecule has 21 heavy (non-hydrogen) atoms. The number of thioether (sulfide) groups is 1. The van der Waals surface area contributed by atoms with E-state index >= 15 is 0 Å². The van der Waals surface area contributed by atoms with Gasteiger partial charge in [0.2, 0.25) is 0 Å². The van der Waals surface area contributed by atoms with Crippen LogP contribution in [0.25, 0.3) is 0 Å². The molecule has 0 bridgehead atoms. The molecule has 0 saturated carbocycles. The van der Waals surface area contributed by atoms with Gasteiger partial charge in [-0.2, -0.15) is 0 Å². The molecule has 0 aliphatic heterocycles. The van der Waals surface area contributed by atoms with Gasteiger partial charge in [0.25, 0.3) is 0 Å². The van der Waals surface area contributed by atoms with E-state index in [0.29, 0.717) is 17.4 Å². The maximum atomic E-state index is 13.5. The Morgan fingerprint density at radius 3 is 2.43 bits per heavy atom. The van der Waals surface area contributed by atoms with Crippen LogP contribution in [0.15, 0.2) is 47.4 Å². The fourth-order valence-corrected chi connectivity index (χ4v) is 2.96. The van der Waals surface area contributed by atoms with Crippen LogP contribution in [0.2, 0.25) is 0 Å². The van der Waals surface area contributed by atoms with Crippen LogP contribution in [0.4, 0.5) is 8.78 Å². The molecule has 0 aromatic heterocycles. The van der Waals surface area contributed by atoms with Crippen molar-refractivity contribution in [2.45, 2.75) is 30.5 Å². The van der Waals surface area contributed by atoms with Crippen LogP contribution in [-0.4, -0.2) is 6.54 Å². The summed E-state index contributed by atoms with van der Waals surface area (Å²) >= 11 is 1.54. The van der Waals surface area contributed by atoms with Crippen molar-refractivity contribution in [3.63, 3.8) is 0 Å². The standard InChI is InChI=1S/C17H19F2NS/c1-3-20-12(2)13-5-8-16(9-6-13)21-11-14-4-7-15(18)10-17(14)19/h4-10,12,20H,3,11H2,1-2H3. The van der Waals surface area contributed by atoms with Gasteiger partial charge in [0.1, 0.15) is 11.6 Å². The summed E-state index contributed by atoms with van der Waals surface area (Å²) < 4.78 is 26.4. The smallest absolute Gasteiger partial charge is 0.130 e. The van der Waals surface area contributed by atoms with Gasteiger partial charge in [-0.25, -0.2) is 8.78 Å². The SMILES string of the molecule is CCNC(C)c1ccc(SCc2ccc(F)cc2F)cc1. The Labute approximate surface area is 128 Å². The Morgan fingerprint density at radius 1 is 1.10 bits per heavy atom. The van der Waals surface area contributed by atoms with Gasteiger partial charge in [0, 0.05) is 22.8 Å². The van der Waals surface area contributed by atoms with Gasteiger partial charge in [-0.3, -0.25) is 0 Å². The fraction of sp³-hybridized carbons (Fsp3) is 0.294. The first-order valence-electron chi connectivity index (χ1n) is 7.00. The molecule has 2 aromatic rings. The van der Waals surface area contributed by atoms with Gasteiger partial charge in [-0.05, 0) is 42.8 Å². The van der Waals surface area contributed by atoms with Gasteiger partial charge in [-0.1, -0.05) is 25.1 Å². The van der Waals surface area contributed by atoms with E-state index in [1.165, 1.54) is 17.7 Å². The summed E-state index contributed by atoms with van der Waals surface area (Å²) in [5, 5.41) is 3.36. The lowest BCUT2D eigenvalue weighted by molar-refractivity contribution is 0.576. The first-order valence-corrected chi connectivity index (χ1v) is 7.98. The molecular formula is C17H19F2NS. The van der Waals surface area contributed by atoms with Crippen molar-refractivity contribution >= 4 is 11.8 Å². The van der Waals surface area contributed by atoms with E-state index in [0.717, 1.165) is 17.5 Å². The Hall–Kier alpha value is -1.39. The third-order valence-corrected chi connectivity index (χ3v) is 4.36. The molecule has 2 rings (SSSR count). The second-order valence-electron chi connectivity index (χ2n) is 4.87. The van der Waals surface area contributed by atoms with Crippen LogP contribution in [0.3, 0.4) is 0 Å². The second-order valence-corrected chi connectivity index (χ2v) is 5.92. The maximum Gasteiger partial charge on any atom is 0.130 e. The van der Waals surface area contributed by atoms with Crippen LogP contribution >= 0.6 is 11.8 Å². The average molecular weight is 307 g/mol. The Balaban J connectivity index is 1.97. The van der Waals surface area contributed by atoms with E-state index in [1.807, 2.05) is 12.1 Å². The summed E-state index contributed by atoms with van der Waals surface area (Å²) in [5.74, 6) is -0.531. The maximum absolute atomic E-state index is 13.5. The van der Waals surface area contributed by atoms with Crippen molar-refractivity contribution in [3.05, 3.63) is 65.2 Å². The molecule has 1 N–H and O–H groups in total. The Bertz CT molecular complexity index is 584. The van der Waals surface area contributed by atoms with Gasteiger partial charge in [0.15, 0.2) is 0 Å². The molecule has 0 aliphatic carbocycles. The quantitative estimate of drug-likeness (QED) is 0.760. The summed E-state index contributed by atoms with van der Waals surface area (Å²) in [5.41, 5.74) is 1.75. The molecule has 1 unspecified atom stereocenters. The van der Waals surface area contributed by atoms with Crippen molar-refractivity contribution in [1.82, 2.24) is 5.32 Å². The van der Waals surface area contributed by atoms with Crippen LogP contribution in [-0.2, 0) is 5.75 Å². The molecule has 112 valence electrons. The molecule has 4 heteroatoms. The van der Waals surface area contributed by atoms with Crippen LogP contribution in [0.1, 0.15) is 31.0 Å². The Morgan fingerprint density at radius 2 is 1.81 bits per heavy atom. The summed E-state index contributed by atoms with van der Waals surface area (Å²) in [6.07, 6.45) is 0. The zero-order valence-corrected chi connectivity index (χ0v) is 13.0. The summed E-state index contributed by atoms with van der Waals surface area (Å²) in [4.78, 5) is 1.08. The predicted molar refractivity (Wildman–Crippen MR) is 84.5 cm³/mol. The molecule has 0 amide bonds. The molecule has 1 atom stereocenters. The first kappa shape index (κ1) is 16.0. The normalized spacial score (nSPS) is 12.4. The highest BCUT2D eigenvalue weighted by atomic mass is 32.2. The highest BCUT2D eigenvalue weighted by molar-refractivity contribution is 7.98. The van der Waals surface area contributed by atoms with Crippen molar-refractivity contribution in [2.24, 2.45) is 0 Å². The van der Waals surface area contributed by atoms with E-state index in [2.05, 4.69) is 31.3 Å². The Kier molecular flexibility index (Phi) is 5.76. The van der Waals surface area contributed by atoms with E-state index in [9.17, 15) is 8.78 Å². The summed E-state index contributed by atoms with van der Waals surface area (Å²) in [7, 11) is 0. The topological polar surface area (TPSA) is 12.0 Å². The average Bonchev–Trinajstić information content (AvgIpc) is 2.47. The van der Waals surface area contributed by atoms with Crippen molar-refractivity contribution < 1.29 is 8.78 Å². The lowest BCUT2D eigenvalue weighted by Crippen LogP contribution is -2.17. The number of hydrogen-bond acceptors (Lipinski definition) is 2. The molecule has 0 fully saturated rings. The first-order chi connectivity index (χ1) is 10.1. The molecule has 0 radical (unpaired) electrons. The van der Waals surface area contributed by atoms with Gasteiger partial charge >= 0.3 is 0 Å². The second kappa shape index (κ2) is 7.57. The van der Waals surface area contributed by atoms with E-state index in [-0.39, 0.29) is 0 Å². The highest BCUT2D eigenvalue weighted by Crippen LogP contribution is 2.25. The van der Waals surface area contributed by atoms with E-state index < -0.39 is 11.6 Å². The van der Waals surface area contributed by atoms with Crippen molar-refractivity contribution in [1.29, 1.82) is 0 Å². The lowest BCUT2D eigenvalue weighted by Gasteiger charge is -2.13. The van der Waals surface area contributed by atoms with Crippen molar-refractivity contribution in [3.8, 4) is 0 Å². The zero-order valence-electron chi connectivity index (χ0n) is 12.2. The largest absolute Gasteiger partial charge is 0.310 e. The minimum Gasteiger partial charge on any atom is -0.310 e. The molecule has 2 aromatic carbocycles. The molecule has 0 saturated heterocycles. The zero-order chi connectivity index (χ0) is 15.2. The number of nitrogens with one attached hydrogen (secondary N) is 1. The van der Waals surface area contributed by atoms with Crippen LogP contribution in [0, 0.1) is 11.6 Å². The third-order valence-electron chi connectivity index (χ3n) is 3.30. The summed E-state index contributed by atoms with van der Waals surface area (Å²) in [6.45, 7) is 5.14. The molecule has 0 aliphatic rings. The van der Waals surface area contributed by atoms with Gasteiger partial charge < -0.3 is 5.32 Å². The number of hydrogen-bond donors (Lipinski definition) is 1. The van der Waals surface area contributed by atoms with Gasteiger partial charge in [-0.15, -0.1) is 11.8 Å². The number of rotatable bonds is 6. The molecule has 1 nitrogen and oxygen atoms in total. The van der Waals surface area contributed by atoms with Crippen LogP contribution in [0.5, 0.6) is 0 Å². The highest BCUT2D eigenvalue weighted by Gasteiger charge is 2.06.